The quantitative estimate of drug-likeness (QED) is 0.484. The average Bonchev–Trinajstić information content (AvgIpc) is 2.80. The van der Waals surface area contributed by atoms with Crippen molar-refractivity contribution in [1.29, 1.82) is 0 Å². The van der Waals surface area contributed by atoms with Crippen LogP contribution in [0, 0.1) is 5.92 Å². The van der Waals surface area contributed by atoms with Crippen LogP contribution in [0.1, 0.15) is 37.6 Å². The summed E-state index contributed by atoms with van der Waals surface area (Å²) in [6.45, 7) is 5.75. The van der Waals surface area contributed by atoms with Crippen LogP contribution >= 0.6 is 7.72 Å². The van der Waals surface area contributed by atoms with E-state index < -0.39 is 19.8 Å². The van der Waals surface area contributed by atoms with Gasteiger partial charge in [-0.3, -0.25) is 0 Å². The first kappa shape index (κ1) is 23.1. The van der Waals surface area contributed by atoms with E-state index in [9.17, 15) is 9.90 Å². The monoisotopic (exact) mass is 438 g/mol. The molecule has 0 aliphatic carbocycles. The van der Waals surface area contributed by atoms with Gasteiger partial charge in [-0.2, -0.15) is 0 Å². The SMILES string of the molecule is CCC(C(C)O)C(C)O[PH](OC(=O)c1ccccc1)(c1ccccc1)c1ccccc1. The molecule has 0 aromatic heterocycles. The van der Waals surface area contributed by atoms with E-state index in [1.54, 1.807) is 19.1 Å². The van der Waals surface area contributed by atoms with Gasteiger partial charge >= 0.3 is 185 Å². The van der Waals surface area contributed by atoms with Gasteiger partial charge in [0.1, 0.15) is 0 Å². The third kappa shape index (κ3) is 5.40. The second kappa shape index (κ2) is 10.7. The summed E-state index contributed by atoms with van der Waals surface area (Å²) in [7, 11) is -3.44. The topological polar surface area (TPSA) is 55.8 Å². The van der Waals surface area contributed by atoms with Gasteiger partial charge < -0.3 is 0 Å². The molecule has 0 amide bonds. The summed E-state index contributed by atoms with van der Waals surface area (Å²) in [5.41, 5.74) is 0.477. The number of benzene rings is 3. The van der Waals surface area contributed by atoms with Crippen LogP contribution in [-0.4, -0.2) is 23.3 Å². The standard InChI is InChI=1S/C26H31O4P/c1-4-25(20(2)27)21(3)29-31(23-16-10-6-11-17-23,24-18-12-7-13-19-24)30-26(28)22-14-8-5-9-15-22/h5-21,25,27,31H,4H2,1-3H3. The van der Waals surface area contributed by atoms with Crippen LogP contribution in [0.5, 0.6) is 0 Å². The first-order valence-corrected chi connectivity index (χ1v) is 12.5. The predicted molar refractivity (Wildman–Crippen MR) is 128 cm³/mol. The van der Waals surface area contributed by atoms with Crippen molar-refractivity contribution >= 4 is 24.3 Å². The van der Waals surface area contributed by atoms with Crippen LogP contribution in [0.4, 0.5) is 0 Å². The van der Waals surface area contributed by atoms with E-state index in [0.29, 0.717) is 5.56 Å². The maximum absolute atomic E-state index is 13.2. The molecule has 5 heteroatoms. The Morgan fingerprint density at radius 2 is 1.29 bits per heavy atom. The molecular weight excluding hydrogens is 407 g/mol. The van der Waals surface area contributed by atoms with Crippen LogP contribution in [0.3, 0.4) is 0 Å². The van der Waals surface area contributed by atoms with E-state index in [2.05, 4.69) is 0 Å². The van der Waals surface area contributed by atoms with E-state index in [4.69, 9.17) is 9.05 Å². The molecule has 4 nitrogen and oxygen atoms in total. The Hall–Kier alpha value is -2.52. The summed E-state index contributed by atoms with van der Waals surface area (Å²) < 4.78 is 13.1. The average molecular weight is 439 g/mol. The first-order valence-electron chi connectivity index (χ1n) is 10.7. The van der Waals surface area contributed by atoms with Crippen molar-refractivity contribution in [3.05, 3.63) is 96.6 Å². The Balaban J connectivity index is 2.13. The fourth-order valence-corrected chi connectivity index (χ4v) is 7.17. The van der Waals surface area contributed by atoms with Crippen molar-refractivity contribution in [3.8, 4) is 0 Å². The van der Waals surface area contributed by atoms with Gasteiger partial charge in [-0.05, 0) is 0 Å². The predicted octanol–water partition coefficient (Wildman–Crippen LogP) is 4.89. The van der Waals surface area contributed by atoms with E-state index >= 15 is 0 Å². The minimum absolute atomic E-state index is 0.0882. The van der Waals surface area contributed by atoms with Crippen molar-refractivity contribution in [2.45, 2.75) is 39.4 Å². The Morgan fingerprint density at radius 1 is 0.839 bits per heavy atom. The van der Waals surface area contributed by atoms with Crippen molar-refractivity contribution in [2.24, 2.45) is 5.92 Å². The van der Waals surface area contributed by atoms with Gasteiger partial charge in [0, 0.05) is 0 Å². The number of aliphatic hydroxyl groups is 1. The number of hydrogen-bond donors (Lipinski definition) is 1. The number of carbonyl (C=O) groups is 1. The van der Waals surface area contributed by atoms with Crippen molar-refractivity contribution in [2.75, 3.05) is 0 Å². The van der Waals surface area contributed by atoms with Crippen LogP contribution in [0.2, 0.25) is 0 Å². The van der Waals surface area contributed by atoms with E-state index in [-0.39, 0.29) is 12.0 Å². The molecule has 0 heterocycles. The van der Waals surface area contributed by atoms with Crippen LogP contribution in [0.15, 0.2) is 91.0 Å². The van der Waals surface area contributed by atoms with Gasteiger partial charge in [0.15, 0.2) is 0 Å². The molecule has 164 valence electrons. The summed E-state index contributed by atoms with van der Waals surface area (Å²) >= 11 is 0. The molecule has 3 aromatic rings. The number of rotatable bonds is 9. The van der Waals surface area contributed by atoms with Gasteiger partial charge in [-0.25, -0.2) is 0 Å². The molecule has 0 spiro atoms. The van der Waals surface area contributed by atoms with Gasteiger partial charge in [0.05, 0.1) is 0 Å². The third-order valence-electron chi connectivity index (χ3n) is 5.60. The summed E-state index contributed by atoms with van der Waals surface area (Å²) in [6, 6.07) is 28.4. The summed E-state index contributed by atoms with van der Waals surface area (Å²) in [5, 5.41) is 12.0. The fraction of sp³-hybridized carbons (Fsp3) is 0.269. The molecule has 0 saturated heterocycles. The molecule has 0 fully saturated rings. The van der Waals surface area contributed by atoms with Gasteiger partial charge in [0.25, 0.3) is 0 Å². The van der Waals surface area contributed by atoms with Gasteiger partial charge in [-0.1, -0.05) is 0 Å². The van der Waals surface area contributed by atoms with Crippen LogP contribution in [-0.2, 0) is 9.05 Å². The molecule has 0 bridgehead atoms. The second-order valence-electron chi connectivity index (χ2n) is 7.74. The number of aliphatic hydroxyl groups excluding tert-OH is 1. The Morgan fingerprint density at radius 3 is 1.71 bits per heavy atom. The fourth-order valence-electron chi connectivity index (χ4n) is 3.94. The van der Waals surface area contributed by atoms with Crippen molar-refractivity contribution < 1.29 is 18.9 Å². The zero-order valence-electron chi connectivity index (χ0n) is 18.3. The molecule has 31 heavy (non-hydrogen) atoms. The molecule has 3 rings (SSSR count). The molecule has 0 saturated carbocycles. The van der Waals surface area contributed by atoms with Crippen molar-refractivity contribution in [1.82, 2.24) is 0 Å². The van der Waals surface area contributed by atoms with E-state index in [1.807, 2.05) is 92.7 Å². The third-order valence-corrected chi connectivity index (χ3v) is 8.96. The summed E-state index contributed by atoms with van der Waals surface area (Å²) in [4.78, 5) is 13.2. The normalized spacial score (nSPS) is 15.0. The first-order chi connectivity index (χ1) is 15.0. The second-order valence-corrected chi connectivity index (χ2v) is 10.6. The number of carbonyl (C=O) groups excluding carboxylic acids is 1. The zero-order valence-corrected chi connectivity index (χ0v) is 19.3. The Kier molecular flexibility index (Phi) is 7.97. The molecule has 1 N–H and O–H groups in total. The maximum atomic E-state index is 13.2. The Bertz CT molecular complexity index is 905. The molecule has 3 aromatic carbocycles. The molecule has 3 atom stereocenters. The summed E-state index contributed by atoms with van der Waals surface area (Å²) in [6.07, 6.45) is -0.108. The van der Waals surface area contributed by atoms with E-state index in [0.717, 1.165) is 17.0 Å². The molecule has 3 unspecified atom stereocenters. The van der Waals surface area contributed by atoms with Gasteiger partial charge in [0.2, 0.25) is 0 Å². The molecule has 0 radical (unpaired) electrons. The minimum atomic E-state index is -3.44. The van der Waals surface area contributed by atoms with E-state index in [1.165, 1.54) is 0 Å². The molecular formula is C26H31O4P. The summed E-state index contributed by atoms with van der Waals surface area (Å²) in [5.74, 6) is -0.507. The Labute approximate surface area is 185 Å². The van der Waals surface area contributed by atoms with Crippen LogP contribution < -0.4 is 10.6 Å². The van der Waals surface area contributed by atoms with Crippen LogP contribution in [0.25, 0.3) is 0 Å². The zero-order chi connectivity index (χ0) is 22.3. The molecule has 0 aliphatic rings. The number of hydrogen-bond acceptors (Lipinski definition) is 4. The van der Waals surface area contributed by atoms with Crippen molar-refractivity contribution in [3.63, 3.8) is 0 Å². The molecule has 0 aliphatic heterocycles. The van der Waals surface area contributed by atoms with Gasteiger partial charge in [-0.15, -0.1) is 0 Å².